The fraction of sp³-hybridized carbons (Fsp3) is 0. The lowest BCUT2D eigenvalue weighted by Gasteiger charge is -1.70. The third-order valence-corrected chi connectivity index (χ3v) is 0.969. The Balaban J connectivity index is 0. The fourth-order valence-electron chi connectivity index (χ4n) is 0.313. The number of pyridine rings is 1. The first-order valence-electron chi connectivity index (χ1n) is 4.23. The monoisotopic (exact) mass is 221 g/mol. The van der Waals surface area contributed by atoms with Crippen molar-refractivity contribution in [2.24, 2.45) is 11.5 Å². The molecule has 0 aliphatic heterocycles. The summed E-state index contributed by atoms with van der Waals surface area (Å²) in [6.45, 7) is 6.17. The van der Waals surface area contributed by atoms with E-state index in [0.29, 0.717) is 0 Å². The Morgan fingerprint density at radius 3 is 1.31 bits per heavy atom. The Hall–Kier alpha value is -2.43. The zero-order valence-electron chi connectivity index (χ0n) is 8.87. The number of hydrogen-bond donors (Lipinski definition) is 2. The summed E-state index contributed by atoms with van der Waals surface area (Å²) in [5, 5.41) is 0. The Bertz CT molecular complexity index is 279. The van der Waals surface area contributed by atoms with Crippen LogP contribution in [0.3, 0.4) is 0 Å². The van der Waals surface area contributed by atoms with Gasteiger partial charge in [-0.05, 0) is 24.3 Å². The number of primary amides is 2. The van der Waals surface area contributed by atoms with Crippen molar-refractivity contribution in [1.82, 2.24) is 4.98 Å². The average Bonchev–Trinajstić information content (AvgIpc) is 2.32. The number of hydrogen-bond acceptors (Lipinski definition) is 3. The summed E-state index contributed by atoms with van der Waals surface area (Å²) >= 11 is 0. The van der Waals surface area contributed by atoms with Crippen LogP contribution in [0.5, 0.6) is 0 Å². The van der Waals surface area contributed by atoms with Crippen molar-refractivity contribution in [2.45, 2.75) is 0 Å². The van der Waals surface area contributed by atoms with Crippen LogP contribution in [0.15, 0.2) is 55.9 Å². The standard InChI is InChI=1S/C5H5N.2C3H5NO/c1-2-4-6-5-3-1;2*1-2-3(4)5/h1-5H;2*2H,1H2,(H2,4,5). The highest BCUT2D eigenvalue weighted by atomic mass is 16.1. The molecule has 0 bridgehead atoms. The van der Waals surface area contributed by atoms with Crippen molar-refractivity contribution < 1.29 is 9.59 Å². The topological polar surface area (TPSA) is 99.1 Å². The largest absolute Gasteiger partial charge is 0.366 e. The maximum absolute atomic E-state index is 9.47. The molecule has 16 heavy (non-hydrogen) atoms. The minimum Gasteiger partial charge on any atom is -0.366 e. The van der Waals surface area contributed by atoms with E-state index in [9.17, 15) is 9.59 Å². The molecule has 0 saturated carbocycles. The van der Waals surface area contributed by atoms with Gasteiger partial charge in [0.05, 0.1) is 0 Å². The van der Waals surface area contributed by atoms with E-state index in [1.54, 1.807) is 12.4 Å². The average molecular weight is 221 g/mol. The number of carbonyl (C=O) groups is 2. The minimum absolute atomic E-state index is 0.481. The van der Waals surface area contributed by atoms with E-state index in [-0.39, 0.29) is 0 Å². The molecule has 1 aromatic rings. The van der Waals surface area contributed by atoms with Crippen LogP contribution >= 0.6 is 0 Å². The van der Waals surface area contributed by atoms with Gasteiger partial charge in [0.2, 0.25) is 11.8 Å². The van der Waals surface area contributed by atoms with Crippen molar-refractivity contribution in [3.05, 3.63) is 55.9 Å². The number of carbonyl (C=O) groups excluding carboxylic acids is 2. The summed E-state index contributed by atoms with van der Waals surface area (Å²) in [6.07, 6.45) is 5.61. The van der Waals surface area contributed by atoms with E-state index in [1.807, 2.05) is 18.2 Å². The summed E-state index contributed by atoms with van der Waals surface area (Å²) in [5.41, 5.74) is 9.07. The Morgan fingerprint density at radius 2 is 1.25 bits per heavy atom. The van der Waals surface area contributed by atoms with Gasteiger partial charge in [-0.25, -0.2) is 0 Å². The highest BCUT2D eigenvalue weighted by Crippen LogP contribution is 1.73. The van der Waals surface area contributed by atoms with Gasteiger partial charge in [-0.15, -0.1) is 0 Å². The lowest BCUT2D eigenvalue weighted by atomic mass is 10.5. The lowest BCUT2D eigenvalue weighted by molar-refractivity contribution is -0.114. The van der Waals surface area contributed by atoms with Crippen LogP contribution in [-0.2, 0) is 9.59 Å². The molecule has 0 aliphatic rings. The van der Waals surface area contributed by atoms with Gasteiger partial charge in [-0.2, -0.15) is 0 Å². The molecule has 0 radical (unpaired) electrons. The van der Waals surface area contributed by atoms with Crippen LogP contribution in [0.25, 0.3) is 0 Å². The van der Waals surface area contributed by atoms with Gasteiger partial charge in [-0.3, -0.25) is 14.6 Å². The van der Waals surface area contributed by atoms with Crippen molar-refractivity contribution in [3.63, 3.8) is 0 Å². The molecule has 0 unspecified atom stereocenters. The summed E-state index contributed by atoms with van der Waals surface area (Å²) in [6, 6.07) is 5.72. The highest BCUT2D eigenvalue weighted by molar-refractivity contribution is 5.85. The predicted octanol–water partition coefficient (Wildman–Crippen LogP) is 0.397. The van der Waals surface area contributed by atoms with Gasteiger partial charge in [0.15, 0.2) is 0 Å². The number of nitrogens with zero attached hydrogens (tertiary/aromatic N) is 1. The smallest absolute Gasteiger partial charge is 0.240 e. The second-order valence-electron chi connectivity index (χ2n) is 2.24. The normalized spacial score (nSPS) is 7.00. The Morgan fingerprint density at radius 1 is 0.938 bits per heavy atom. The molecular formula is C11H15N3O2. The molecule has 0 spiro atoms. The van der Waals surface area contributed by atoms with E-state index in [4.69, 9.17) is 0 Å². The van der Waals surface area contributed by atoms with Crippen LogP contribution in [0.4, 0.5) is 0 Å². The summed E-state index contributed by atoms with van der Waals surface area (Å²) in [5.74, 6) is -0.963. The molecule has 0 fully saturated rings. The molecule has 0 atom stereocenters. The second-order valence-corrected chi connectivity index (χ2v) is 2.24. The van der Waals surface area contributed by atoms with Gasteiger partial charge >= 0.3 is 0 Å². The molecule has 2 amide bonds. The van der Waals surface area contributed by atoms with E-state index in [2.05, 4.69) is 29.6 Å². The van der Waals surface area contributed by atoms with Crippen LogP contribution < -0.4 is 11.5 Å². The second kappa shape index (κ2) is 12.6. The third kappa shape index (κ3) is 22.6. The van der Waals surface area contributed by atoms with Crippen LogP contribution in [0.1, 0.15) is 0 Å². The maximum atomic E-state index is 9.47. The summed E-state index contributed by atoms with van der Waals surface area (Å²) in [4.78, 5) is 22.7. The number of rotatable bonds is 2. The SMILES string of the molecule is C=CC(N)=O.C=CC(N)=O.c1ccncc1. The van der Waals surface area contributed by atoms with Crippen LogP contribution in [-0.4, -0.2) is 16.8 Å². The number of amides is 2. The van der Waals surface area contributed by atoms with Crippen molar-refractivity contribution in [2.75, 3.05) is 0 Å². The number of aromatic nitrogens is 1. The lowest BCUT2D eigenvalue weighted by Crippen LogP contribution is -2.04. The maximum Gasteiger partial charge on any atom is 0.240 e. The van der Waals surface area contributed by atoms with Crippen molar-refractivity contribution in [3.8, 4) is 0 Å². The Labute approximate surface area is 94.5 Å². The van der Waals surface area contributed by atoms with E-state index in [1.165, 1.54) is 0 Å². The quantitative estimate of drug-likeness (QED) is 0.707. The molecular weight excluding hydrogens is 206 g/mol. The molecule has 5 heteroatoms. The minimum atomic E-state index is -0.481. The van der Waals surface area contributed by atoms with Gasteiger partial charge in [0.25, 0.3) is 0 Å². The van der Waals surface area contributed by atoms with Crippen LogP contribution in [0.2, 0.25) is 0 Å². The van der Waals surface area contributed by atoms with Crippen molar-refractivity contribution >= 4 is 11.8 Å². The van der Waals surface area contributed by atoms with Crippen molar-refractivity contribution in [1.29, 1.82) is 0 Å². The zero-order valence-corrected chi connectivity index (χ0v) is 8.87. The van der Waals surface area contributed by atoms with E-state index in [0.717, 1.165) is 12.2 Å². The molecule has 1 rings (SSSR count). The molecule has 1 heterocycles. The van der Waals surface area contributed by atoms with E-state index < -0.39 is 11.8 Å². The number of nitrogens with two attached hydrogens (primary N) is 2. The zero-order chi connectivity index (χ0) is 12.8. The summed E-state index contributed by atoms with van der Waals surface area (Å²) in [7, 11) is 0. The highest BCUT2D eigenvalue weighted by Gasteiger charge is 1.70. The molecule has 1 aromatic heterocycles. The van der Waals surface area contributed by atoms with Gasteiger partial charge in [-0.1, -0.05) is 19.2 Å². The fourth-order valence-corrected chi connectivity index (χ4v) is 0.313. The molecule has 0 aliphatic carbocycles. The molecule has 0 aromatic carbocycles. The van der Waals surface area contributed by atoms with Gasteiger partial charge in [0, 0.05) is 12.4 Å². The van der Waals surface area contributed by atoms with Crippen LogP contribution in [0, 0.1) is 0 Å². The summed E-state index contributed by atoms with van der Waals surface area (Å²) < 4.78 is 0. The first-order valence-corrected chi connectivity index (χ1v) is 4.23. The van der Waals surface area contributed by atoms with Gasteiger partial charge in [0.1, 0.15) is 0 Å². The molecule has 5 nitrogen and oxygen atoms in total. The van der Waals surface area contributed by atoms with Gasteiger partial charge < -0.3 is 11.5 Å². The molecule has 0 saturated heterocycles. The molecule has 86 valence electrons. The molecule has 4 N–H and O–H groups in total. The first-order chi connectivity index (χ1) is 7.54. The first kappa shape index (κ1) is 16.0. The Kier molecular flexibility index (Phi) is 12.6. The predicted molar refractivity (Wildman–Crippen MR) is 63.0 cm³/mol. The third-order valence-electron chi connectivity index (χ3n) is 0.969. The van der Waals surface area contributed by atoms with E-state index >= 15 is 0 Å².